The lowest BCUT2D eigenvalue weighted by atomic mass is 10.1. The smallest absolute Gasteiger partial charge is 0.417 e. The number of carbonyl (C=O) groups is 1. The molecule has 0 bridgehead atoms. The molecule has 4 nitrogen and oxygen atoms in total. The second-order valence-corrected chi connectivity index (χ2v) is 6.70. The zero-order valence-electron chi connectivity index (χ0n) is 16.2. The molecule has 2 rings (SSSR count). The fraction of sp³-hybridized carbons (Fsp3) is 0.286. The maximum Gasteiger partial charge on any atom is 0.417 e. The number of halogens is 4. The van der Waals surface area contributed by atoms with Gasteiger partial charge in [0.1, 0.15) is 5.75 Å². The Hall–Kier alpha value is -2.69. The van der Waals surface area contributed by atoms with Crippen molar-refractivity contribution < 1.29 is 22.7 Å². The number of carbonyl (C=O) groups excluding carboxylic acids is 1. The molecular weight excluding hydrogens is 405 g/mol. The molecule has 0 saturated heterocycles. The Kier molecular flexibility index (Phi) is 7.54. The van der Waals surface area contributed by atoms with Gasteiger partial charge in [-0.15, -0.1) is 0 Å². The molecule has 0 unspecified atom stereocenters. The second kappa shape index (κ2) is 9.68. The number of hydrogen-bond donors (Lipinski definition) is 1. The molecule has 154 valence electrons. The number of benzene rings is 2. The van der Waals surface area contributed by atoms with Gasteiger partial charge in [-0.05, 0) is 51.4 Å². The van der Waals surface area contributed by atoms with Crippen molar-refractivity contribution in [3.63, 3.8) is 0 Å². The molecule has 1 N–H and O–H groups in total. The fourth-order valence-corrected chi connectivity index (χ4v) is 2.68. The van der Waals surface area contributed by atoms with Crippen molar-refractivity contribution in [2.75, 3.05) is 32.6 Å². The molecule has 0 spiro atoms. The third-order valence-electron chi connectivity index (χ3n) is 3.70. The van der Waals surface area contributed by atoms with Gasteiger partial charge in [-0.25, -0.2) is 0 Å². The maximum atomic E-state index is 13.1. The Morgan fingerprint density at radius 2 is 1.97 bits per heavy atom. The molecule has 0 aliphatic rings. The second-order valence-electron chi connectivity index (χ2n) is 6.30. The Labute approximate surface area is 172 Å². The highest BCUT2D eigenvalue weighted by Gasteiger charge is 2.33. The van der Waals surface area contributed by atoms with Crippen LogP contribution in [0, 0.1) is 11.8 Å². The summed E-state index contributed by atoms with van der Waals surface area (Å²) >= 11 is 5.63. The topological polar surface area (TPSA) is 41.6 Å². The minimum Gasteiger partial charge on any atom is -0.493 e. The van der Waals surface area contributed by atoms with Crippen molar-refractivity contribution in [2.45, 2.75) is 13.1 Å². The van der Waals surface area contributed by atoms with E-state index in [9.17, 15) is 18.0 Å². The summed E-state index contributed by atoms with van der Waals surface area (Å²) in [5.74, 6) is 5.53. The molecule has 1 amide bonds. The highest BCUT2D eigenvalue weighted by molar-refractivity contribution is 6.31. The van der Waals surface area contributed by atoms with Gasteiger partial charge < -0.3 is 10.1 Å². The van der Waals surface area contributed by atoms with Crippen LogP contribution in [0.4, 0.5) is 18.9 Å². The monoisotopic (exact) mass is 424 g/mol. The number of alkyl halides is 3. The average molecular weight is 425 g/mol. The molecule has 0 heterocycles. The SMILES string of the molecule is CCOc1cccc(C#CCN(C)C)c1C(=O)Nc1ccc(Cl)c(C(F)(F)F)c1. The van der Waals surface area contributed by atoms with E-state index in [4.69, 9.17) is 16.3 Å². The Morgan fingerprint density at radius 1 is 1.24 bits per heavy atom. The minimum absolute atomic E-state index is 0.0368. The lowest BCUT2D eigenvalue weighted by molar-refractivity contribution is -0.137. The molecule has 29 heavy (non-hydrogen) atoms. The number of nitrogens with zero attached hydrogens (tertiary/aromatic N) is 1. The molecule has 0 aliphatic heterocycles. The van der Waals surface area contributed by atoms with Crippen molar-refractivity contribution in [1.29, 1.82) is 0 Å². The number of amides is 1. The molecule has 0 aromatic heterocycles. The van der Waals surface area contributed by atoms with E-state index >= 15 is 0 Å². The van der Waals surface area contributed by atoms with E-state index in [1.165, 1.54) is 6.07 Å². The summed E-state index contributed by atoms with van der Waals surface area (Å²) < 4.78 is 44.8. The van der Waals surface area contributed by atoms with Crippen LogP contribution in [0.1, 0.15) is 28.4 Å². The van der Waals surface area contributed by atoms with Gasteiger partial charge in [-0.3, -0.25) is 9.69 Å². The van der Waals surface area contributed by atoms with Crippen LogP contribution >= 0.6 is 11.6 Å². The predicted molar refractivity (Wildman–Crippen MR) is 107 cm³/mol. The van der Waals surface area contributed by atoms with E-state index in [-0.39, 0.29) is 11.3 Å². The van der Waals surface area contributed by atoms with Gasteiger partial charge in [-0.2, -0.15) is 13.2 Å². The quantitative estimate of drug-likeness (QED) is 0.692. The molecule has 0 fully saturated rings. The number of ether oxygens (including phenoxy) is 1. The predicted octanol–water partition coefficient (Wildman–Crippen LogP) is 4.92. The minimum atomic E-state index is -4.64. The van der Waals surface area contributed by atoms with E-state index in [1.807, 2.05) is 19.0 Å². The highest BCUT2D eigenvalue weighted by Crippen LogP contribution is 2.36. The van der Waals surface area contributed by atoms with Gasteiger partial charge in [0.05, 0.1) is 29.3 Å². The molecule has 2 aromatic carbocycles. The summed E-state index contributed by atoms with van der Waals surface area (Å²) in [6.45, 7) is 2.56. The van der Waals surface area contributed by atoms with Crippen molar-refractivity contribution >= 4 is 23.2 Å². The van der Waals surface area contributed by atoms with Crippen LogP contribution in [0.15, 0.2) is 36.4 Å². The van der Waals surface area contributed by atoms with Gasteiger partial charge in [0, 0.05) is 11.3 Å². The first-order chi connectivity index (χ1) is 13.6. The van der Waals surface area contributed by atoms with Crippen LogP contribution in [0.5, 0.6) is 5.75 Å². The highest BCUT2D eigenvalue weighted by atomic mass is 35.5. The standard InChI is InChI=1S/C21H20ClF3N2O2/c1-4-29-18-9-5-7-14(8-6-12-27(2)3)19(18)20(28)26-15-10-11-17(22)16(13-15)21(23,24)25/h5,7,9-11,13H,4,12H2,1-3H3,(H,26,28). The van der Waals surface area contributed by atoms with E-state index in [0.29, 0.717) is 24.5 Å². The van der Waals surface area contributed by atoms with Crippen molar-refractivity contribution in [3.8, 4) is 17.6 Å². The van der Waals surface area contributed by atoms with Gasteiger partial charge in [0.2, 0.25) is 0 Å². The summed E-state index contributed by atoms with van der Waals surface area (Å²) in [7, 11) is 3.72. The largest absolute Gasteiger partial charge is 0.493 e. The normalized spacial score (nSPS) is 11.0. The molecule has 0 saturated carbocycles. The number of anilines is 1. The molecule has 2 aromatic rings. The summed E-state index contributed by atoms with van der Waals surface area (Å²) in [6.07, 6.45) is -4.64. The lowest BCUT2D eigenvalue weighted by Gasteiger charge is -2.14. The van der Waals surface area contributed by atoms with Crippen molar-refractivity contribution in [2.24, 2.45) is 0 Å². The van der Waals surface area contributed by atoms with Crippen LogP contribution in [0.3, 0.4) is 0 Å². The first-order valence-corrected chi connectivity index (χ1v) is 9.08. The van der Waals surface area contributed by atoms with Crippen LogP contribution in [-0.4, -0.2) is 38.1 Å². The first kappa shape index (κ1) is 22.6. The average Bonchev–Trinajstić information content (AvgIpc) is 2.62. The van der Waals surface area contributed by atoms with Crippen LogP contribution in [-0.2, 0) is 6.18 Å². The zero-order chi connectivity index (χ0) is 21.6. The summed E-state index contributed by atoms with van der Waals surface area (Å²) in [5.41, 5.74) is -0.490. The molecule has 0 radical (unpaired) electrons. The lowest BCUT2D eigenvalue weighted by Crippen LogP contribution is -2.16. The van der Waals surface area contributed by atoms with Crippen LogP contribution in [0.25, 0.3) is 0 Å². The van der Waals surface area contributed by atoms with E-state index < -0.39 is 22.7 Å². The maximum absolute atomic E-state index is 13.1. The number of hydrogen-bond acceptors (Lipinski definition) is 3. The fourth-order valence-electron chi connectivity index (χ4n) is 2.45. The van der Waals surface area contributed by atoms with Gasteiger partial charge in [-0.1, -0.05) is 29.5 Å². The van der Waals surface area contributed by atoms with E-state index in [2.05, 4.69) is 17.2 Å². The first-order valence-electron chi connectivity index (χ1n) is 8.71. The summed E-state index contributed by atoms with van der Waals surface area (Å²) in [4.78, 5) is 14.8. The molecule has 8 heteroatoms. The Morgan fingerprint density at radius 3 is 2.59 bits per heavy atom. The van der Waals surface area contributed by atoms with Crippen LogP contribution < -0.4 is 10.1 Å². The molecule has 0 aliphatic carbocycles. The Bertz CT molecular complexity index is 947. The molecule has 0 atom stereocenters. The summed E-state index contributed by atoms with van der Waals surface area (Å²) in [6, 6.07) is 8.15. The van der Waals surface area contributed by atoms with Crippen molar-refractivity contribution in [3.05, 3.63) is 58.1 Å². The molecular formula is C21H20ClF3N2O2. The Balaban J connectivity index is 2.42. The third kappa shape index (κ3) is 6.14. The van der Waals surface area contributed by atoms with E-state index in [1.54, 1.807) is 25.1 Å². The van der Waals surface area contributed by atoms with Gasteiger partial charge in [0.15, 0.2) is 0 Å². The van der Waals surface area contributed by atoms with Gasteiger partial charge in [0.25, 0.3) is 5.91 Å². The summed E-state index contributed by atoms with van der Waals surface area (Å²) in [5, 5.41) is 2.04. The van der Waals surface area contributed by atoms with E-state index in [0.717, 1.165) is 12.1 Å². The van der Waals surface area contributed by atoms with Gasteiger partial charge >= 0.3 is 6.18 Å². The van der Waals surface area contributed by atoms with Crippen molar-refractivity contribution in [1.82, 2.24) is 4.90 Å². The third-order valence-corrected chi connectivity index (χ3v) is 4.03. The zero-order valence-corrected chi connectivity index (χ0v) is 16.9. The number of rotatable bonds is 5. The number of nitrogens with one attached hydrogen (secondary N) is 1. The van der Waals surface area contributed by atoms with Crippen LogP contribution in [0.2, 0.25) is 5.02 Å².